The van der Waals surface area contributed by atoms with Crippen molar-refractivity contribution in [2.45, 2.75) is 25.7 Å². The molecule has 2 aromatic rings. The summed E-state index contributed by atoms with van der Waals surface area (Å²) < 4.78 is 0. The fourth-order valence-electron chi connectivity index (χ4n) is 3.17. The molecule has 1 fully saturated rings. The van der Waals surface area contributed by atoms with Gasteiger partial charge in [0, 0.05) is 0 Å². The minimum atomic E-state index is 0.903. The SMILES string of the molecule is c1ccc(-c2ccccc2CCC2CCNCC2)cc1. The van der Waals surface area contributed by atoms with Crippen LogP contribution in [0.1, 0.15) is 24.8 Å². The Labute approximate surface area is 122 Å². The molecule has 104 valence electrons. The third-order valence-electron chi connectivity index (χ3n) is 4.38. The molecule has 1 heterocycles. The Hall–Kier alpha value is -1.60. The van der Waals surface area contributed by atoms with Crippen LogP contribution in [0.15, 0.2) is 54.6 Å². The number of rotatable bonds is 4. The lowest BCUT2D eigenvalue weighted by molar-refractivity contribution is 0.354. The highest BCUT2D eigenvalue weighted by atomic mass is 14.9. The van der Waals surface area contributed by atoms with E-state index in [-0.39, 0.29) is 0 Å². The predicted octanol–water partition coefficient (Wildman–Crippen LogP) is 4.29. The van der Waals surface area contributed by atoms with Crippen molar-refractivity contribution in [2.24, 2.45) is 5.92 Å². The summed E-state index contributed by atoms with van der Waals surface area (Å²) in [5, 5.41) is 3.45. The Kier molecular flexibility index (Phi) is 4.49. The number of aryl methyl sites for hydroxylation is 1. The van der Waals surface area contributed by atoms with E-state index in [1.54, 1.807) is 0 Å². The van der Waals surface area contributed by atoms with E-state index in [2.05, 4.69) is 59.9 Å². The summed E-state index contributed by atoms with van der Waals surface area (Å²) in [6.45, 7) is 2.40. The van der Waals surface area contributed by atoms with Crippen LogP contribution in [0.25, 0.3) is 11.1 Å². The van der Waals surface area contributed by atoms with Gasteiger partial charge in [0.2, 0.25) is 0 Å². The summed E-state index contributed by atoms with van der Waals surface area (Å²) >= 11 is 0. The third kappa shape index (κ3) is 3.29. The van der Waals surface area contributed by atoms with Crippen molar-refractivity contribution in [1.29, 1.82) is 0 Å². The van der Waals surface area contributed by atoms with E-state index in [9.17, 15) is 0 Å². The average molecular weight is 265 g/mol. The Bertz CT molecular complexity index is 526. The Morgan fingerprint density at radius 1 is 0.850 bits per heavy atom. The van der Waals surface area contributed by atoms with Crippen molar-refractivity contribution in [2.75, 3.05) is 13.1 Å². The summed E-state index contributed by atoms with van der Waals surface area (Å²) in [6.07, 6.45) is 5.21. The van der Waals surface area contributed by atoms with E-state index in [0.29, 0.717) is 0 Å². The van der Waals surface area contributed by atoms with E-state index in [1.165, 1.54) is 55.5 Å². The van der Waals surface area contributed by atoms with Gasteiger partial charge in [0.15, 0.2) is 0 Å². The van der Waals surface area contributed by atoms with Gasteiger partial charge < -0.3 is 5.32 Å². The van der Waals surface area contributed by atoms with Gasteiger partial charge in [-0.3, -0.25) is 0 Å². The molecule has 0 bridgehead atoms. The fraction of sp³-hybridized carbons (Fsp3) is 0.368. The molecule has 1 heteroatoms. The Balaban J connectivity index is 1.73. The fourth-order valence-corrected chi connectivity index (χ4v) is 3.17. The molecule has 0 spiro atoms. The van der Waals surface area contributed by atoms with E-state index >= 15 is 0 Å². The molecule has 1 nitrogen and oxygen atoms in total. The second kappa shape index (κ2) is 6.71. The van der Waals surface area contributed by atoms with Crippen LogP contribution >= 0.6 is 0 Å². The van der Waals surface area contributed by atoms with Crippen LogP contribution in [0, 0.1) is 5.92 Å². The summed E-state index contributed by atoms with van der Waals surface area (Å²) in [4.78, 5) is 0. The highest BCUT2D eigenvalue weighted by Gasteiger charge is 2.13. The molecule has 3 rings (SSSR count). The first-order chi connectivity index (χ1) is 9.93. The van der Waals surface area contributed by atoms with Crippen LogP contribution in [0.4, 0.5) is 0 Å². The first-order valence-corrected chi connectivity index (χ1v) is 7.77. The quantitative estimate of drug-likeness (QED) is 0.869. The lowest BCUT2D eigenvalue weighted by Crippen LogP contribution is -2.27. The van der Waals surface area contributed by atoms with Crippen molar-refractivity contribution >= 4 is 0 Å². The molecule has 0 amide bonds. The zero-order chi connectivity index (χ0) is 13.6. The summed E-state index contributed by atoms with van der Waals surface area (Å²) in [5.74, 6) is 0.903. The van der Waals surface area contributed by atoms with Crippen LogP contribution in [0.2, 0.25) is 0 Å². The third-order valence-corrected chi connectivity index (χ3v) is 4.38. The molecule has 1 N–H and O–H groups in total. The lowest BCUT2D eigenvalue weighted by atomic mass is 9.89. The van der Waals surface area contributed by atoms with Gasteiger partial charge in [-0.25, -0.2) is 0 Å². The van der Waals surface area contributed by atoms with Crippen LogP contribution in [0.5, 0.6) is 0 Å². The highest BCUT2D eigenvalue weighted by Crippen LogP contribution is 2.26. The van der Waals surface area contributed by atoms with Crippen molar-refractivity contribution < 1.29 is 0 Å². The Morgan fingerprint density at radius 2 is 1.55 bits per heavy atom. The van der Waals surface area contributed by atoms with E-state index < -0.39 is 0 Å². The highest BCUT2D eigenvalue weighted by molar-refractivity contribution is 5.67. The number of nitrogens with one attached hydrogen (secondary N) is 1. The molecular weight excluding hydrogens is 242 g/mol. The van der Waals surface area contributed by atoms with Gasteiger partial charge in [-0.2, -0.15) is 0 Å². The zero-order valence-electron chi connectivity index (χ0n) is 12.0. The summed E-state index contributed by atoms with van der Waals surface area (Å²) in [5.41, 5.74) is 4.24. The summed E-state index contributed by atoms with van der Waals surface area (Å²) in [7, 11) is 0. The van der Waals surface area contributed by atoms with Crippen molar-refractivity contribution in [1.82, 2.24) is 5.32 Å². The number of piperidine rings is 1. The molecular formula is C19H23N. The van der Waals surface area contributed by atoms with Gasteiger partial charge in [0.1, 0.15) is 0 Å². The second-order valence-electron chi connectivity index (χ2n) is 5.76. The molecule has 0 aromatic heterocycles. The molecule has 0 aliphatic carbocycles. The maximum absolute atomic E-state index is 3.45. The minimum Gasteiger partial charge on any atom is -0.317 e. The van der Waals surface area contributed by atoms with Gasteiger partial charge in [-0.05, 0) is 61.4 Å². The first kappa shape index (κ1) is 13.4. The number of hydrogen-bond donors (Lipinski definition) is 1. The molecule has 0 unspecified atom stereocenters. The zero-order valence-corrected chi connectivity index (χ0v) is 12.0. The number of benzene rings is 2. The van der Waals surface area contributed by atoms with Gasteiger partial charge in [0.05, 0.1) is 0 Å². The number of hydrogen-bond acceptors (Lipinski definition) is 1. The van der Waals surface area contributed by atoms with Gasteiger partial charge in [-0.15, -0.1) is 0 Å². The lowest BCUT2D eigenvalue weighted by Gasteiger charge is -2.23. The molecule has 1 saturated heterocycles. The maximum atomic E-state index is 3.45. The van der Waals surface area contributed by atoms with Gasteiger partial charge >= 0.3 is 0 Å². The second-order valence-corrected chi connectivity index (χ2v) is 5.76. The normalized spacial score (nSPS) is 16.2. The smallest absolute Gasteiger partial charge is 0.00463 e. The molecule has 2 aromatic carbocycles. The average Bonchev–Trinajstić information content (AvgIpc) is 2.55. The predicted molar refractivity (Wildman–Crippen MR) is 85.8 cm³/mol. The van der Waals surface area contributed by atoms with E-state index in [1.807, 2.05) is 0 Å². The molecule has 0 atom stereocenters. The minimum absolute atomic E-state index is 0.903. The molecule has 20 heavy (non-hydrogen) atoms. The standard InChI is InChI=1S/C19H23N/c1-2-6-17(7-3-1)19-9-5-4-8-18(19)11-10-16-12-14-20-15-13-16/h1-9,16,20H,10-15H2. The van der Waals surface area contributed by atoms with Crippen LogP contribution in [0.3, 0.4) is 0 Å². The first-order valence-electron chi connectivity index (χ1n) is 7.77. The topological polar surface area (TPSA) is 12.0 Å². The maximum Gasteiger partial charge on any atom is -0.00463 e. The van der Waals surface area contributed by atoms with Crippen LogP contribution in [-0.2, 0) is 6.42 Å². The molecule has 0 radical (unpaired) electrons. The molecule has 1 aliphatic rings. The largest absolute Gasteiger partial charge is 0.317 e. The van der Waals surface area contributed by atoms with Crippen molar-refractivity contribution in [3.05, 3.63) is 60.2 Å². The van der Waals surface area contributed by atoms with E-state index in [4.69, 9.17) is 0 Å². The van der Waals surface area contributed by atoms with E-state index in [0.717, 1.165) is 5.92 Å². The van der Waals surface area contributed by atoms with Crippen molar-refractivity contribution in [3.63, 3.8) is 0 Å². The van der Waals surface area contributed by atoms with Gasteiger partial charge in [0.25, 0.3) is 0 Å². The van der Waals surface area contributed by atoms with Crippen molar-refractivity contribution in [3.8, 4) is 11.1 Å². The van der Waals surface area contributed by atoms with Crippen LogP contribution < -0.4 is 5.32 Å². The monoisotopic (exact) mass is 265 g/mol. The molecule has 0 saturated carbocycles. The van der Waals surface area contributed by atoms with Gasteiger partial charge in [-0.1, -0.05) is 54.6 Å². The Morgan fingerprint density at radius 3 is 2.35 bits per heavy atom. The van der Waals surface area contributed by atoms with Crippen LogP contribution in [-0.4, -0.2) is 13.1 Å². The molecule has 1 aliphatic heterocycles. The summed E-state index contributed by atoms with van der Waals surface area (Å²) in [6, 6.07) is 19.6.